The monoisotopic (exact) mass is 543 g/mol. The average Bonchev–Trinajstić information content (AvgIpc) is 3.65. The Morgan fingerprint density at radius 3 is 2.41 bits per heavy atom. The van der Waals surface area contributed by atoms with Gasteiger partial charge in [0.05, 0.1) is 23.8 Å². The first-order valence-corrected chi connectivity index (χ1v) is 12.1. The van der Waals surface area contributed by atoms with E-state index in [0.29, 0.717) is 28.5 Å². The van der Waals surface area contributed by atoms with Crippen molar-refractivity contribution in [1.29, 1.82) is 0 Å². The molecule has 1 saturated carbocycles. The molecule has 0 saturated heterocycles. The van der Waals surface area contributed by atoms with Crippen LogP contribution in [0.15, 0.2) is 65.9 Å². The number of carbonyl (C=O) groups is 4. The molecular formula is C26H23Cl2N3O6. The van der Waals surface area contributed by atoms with Crippen LogP contribution >= 0.6 is 23.2 Å². The fraction of sp³-hybridized carbons (Fsp3) is 0.231. The van der Waals surface area contributed by atoms with E-state index in [2.05, 4.69) is 5.32 Å². The fourth-order valence-corrected chi connectivity index (χ4v) is 4.38. The SMILES string of the molecule is NC(=O)CNC1=C(C(=O)C2CC2)C(c2ccc(Cl)cc2)N(c2cc(Cl)ccc2OCC=CC(=O)O)C1=O. The van der Waals surface area contributed by atoms with Crippen molar-refractivity contribution in [2.24, 2.45) is 11.7 Å². The molecule has 4 N–H and O–H groups in total. The molecule has 1 aliphatic carbocycles. The standard InChI is InChI=1S/C26H23Cl2N3O6/c27-16-7-5-14(6-8-16)24-22(25(35)15-3-4-15)23(30-13-20(29)32)26(36)31(24)18-12-17(28)9-10-19(18)37-11-1-2-21(33)34/h1-2,5-10,12,15,24,30H,3-4,11,13H2,(H2,29,32)(H,33,34). The predicted octanol–water partition coefficient (Wildman–Crippen LogP) is 3.41. The molecule has 37 heavy (non-hydrogen) atoms. The number of ketones is 1. The lowest BCUT2D eigenvalue weighted by Gasteiger charge is -2.29. The van der Waals surface area contributed by atoms with Gasteiger partial charge in [0.15, 0.2) is 5.78 Å². The third-order valence-corrected chi connectivity index (χ3v) is 6.34. The highest BCUT2D eigenvalue weighted by atomic mass is 35.5. The molecule has 1 unspecified atom stereocenters. The molecule has 9 nitrogen and oxygen atoms in total. The van der Waals surface area contributed by atoms with Gasteiger partial charge in [-0.15, -0.1) is 0 Å². The highest BCUT2D eigenvalue weighted by Gasteiger charge is 2.48. The number of aliphatic carboxylic acids is 1. The van der Waals surface area contributed by atoms with Crippen LogP contribution in [0.1, 0.15) is 24.4 Å². The first kappa shape index (κ1) is 26.2. The number of Topliss-reactive ketones (excluding diaryl/α,β-unsaturated/α-hetero) is 1. The summed E-state index contributed by atoms with van der Waals surface area (Å²) in [6.07, 6.45) is 3.65. The van der Waals surface area contributed by atoms with Crippen LogP contribution < -0.4 is 20.7 Å². The van der Waals surface area contributed by atoms with Gasteiger partial charge < -0.3 is 20.9 Å². The Labute approximate surface area is 222 Å². The summed E-state index contributed by atoms with van der Waals surface area (Å²) < 4.78 is 5.77. The predicted molar refractivity (Wildman–Crippen MR) is 137 cm³/mol. The lowest BCUT2D eigenvalue weighted by atomic mass is 9.93. The number of hydrogen-bond donors (Lipinski definition) is 3. The molecule has 4 rings (SSSR count). The summed E-state index contributed by atoms with van der Waals surface area (Å²) in [6.45, 7) is -0.439. The Morgan fingerprint density at radius 1 is 1.11 bits per heavy atom. The summed E-state index contributed by atoms with van der Waals surface area (Å²) in [6, 6.07) is 10.5. The smallest absolute Gasteiger partial charge is 0.328 e. The average molecular weight is 544 g/mol. The van der Waals surface area contributed by atoms with E-state index < -0.39 is 23.8 Å². The Morgan fingerprint density at radius 2 is 1.78 bits per heavy atom. The minimum absolute atomic E-state index is 0.0210. The number of halogens is 2. The maximum Gasteiger partial charge on any atom is 0.328 e. The number of benzene rings is 2. The van der Waals surface area contributed by atoms with Gasteiger partial charge in [-0.3, -0.25) is 19.3 Å². The number of carboxylic acids is 1. The normalized spacial score (nSPS) is 17.4. The second kappa shape index (κ2) is 11.1. The van der Waals surface area contributed by atoms with Crippen LogP contribution in [0, 0.1) is 5.92 Å². The highest BCUT2D eigenvalue weighted by molar-refractivity contribution is 6.31. The van der Waals surface area contributed by atoms with E-state index in [1.165, 1.54) is 17.0 Å². The van der Waals surface area contributed by atoms with E-state index in [-0.39, 0.29) is 47.6 Å². The van der Waals surface area contributed by atoms with E-state index in [9.17, 15) is 19.2 Å². The number of carboxylic acid groups (broad SMARTS) is 1. The van der Waals surface area contributed by atoms with Gasteiger partial charge in [0.1, 0.15) is 18.1 Å². The number of amides is 2. The lowest BCUT2D eigenvalue weighted by molar-refractivity contribution is -0.131. The maximum absolute atomic E-state index is 13.9. The number of hydrogen-bond acceptors (Lipinski definition) is 6. The first-order chi connectivity index (χ1) is 17.7. The summed E-state index contributed by atoms with van der Waals surface area (Å²) in [7, 11) is 0. The largest absolute Gasteiger partial charge is 0.487 e. The van der Waals surface area contributed by atoms with E-state index in [4.69, 9.17) is 38.8 Å². The zero-order valence-corrected chi connectivity index (χ0v) is 21.0. The molecule has 2 aromatic carbocycles. The van der Waals surface area contributed by atoms with E-state index in [1.807, 2.05) is 0 Å². The minimum Gasteiger partial charge on any atom is -0.487 e. The Hall–Kier alpha value is -3.82. The molecule has 1 fully saturated rings. The Balaban J connectivity index is 1.84. The summed E-state index contributed by atoms with van der Waals surface area (Å²) in [5.74, 6) is -2.58. The summed E-state index contributed by atoms with van der Waals surface area (Å²) >= 11 is 12.4. The van der Waals surface area contributed by atoms with Crippen LogP contribution in [0.25, 0.3) is 0 Å². The van der Waals surface area contributed by atoms with Gasteiger partial charge in [-0.1, -0.05) is 35.3 Å². The van der Waals surface area contributed by atoms with Gasteiger partial charge in [-0.05, 0) is 54.8 Å². The van der Waals surface area contributed by atoms with Crippen molar-refractivity contribution in [2.75, 3.05) is 18.1 Å². The minimum atomic E-state index is -1.13. The highest BCUT2D eigenvalue weighted by Crippen LogP contribution is 2.47. The maximum atomic E-state index is 13.9. The van der Waals surface area contributed by atoms with Crippen molar-refractivity contribution in [3.05, 3.63) is 81.5 Å². The van der Waals surface area contributed by atoms with Gasteiger partial charge in [-0.25, -0.2) is 4.79 Å². The van der Waals surface area contributed by atoms with Crippen molar-refractivity contribution in [3.63, 3.8) is 0 Å². The number of carbonyl (C=O) groups excluding carboxylic acids is 3. The fourth-order valence-electron chi connectivity index (χ4n) is 4.09. The zero-order chi connectivity index (χ0) is 26.7. The number of nitrogens with one attached hydrogen (secondary N) is 1. The summed E-state index contributed by atoms with van der Waals surface area (Å²) in [4.78, 5) is 51.1. The van der Waals surface area contributed by atoms with E-state index >= 15 is 0 Å². The van der Waals surface area contributed by atoms with Gasteiger partial charge in [0.25, 0.3) is 5.91 Å². The van der Waals surface area contributed by atoms with Crippen molar-refractivity contribution in [1.82, 2.24) is 5.32 Å². The van der Waals surface area contributed by atoms with Crippen molar-refractivity contribution >= 4 is 52.5 Å². The molecule has 0 spiro atoms. The Bertz CT molecular complexity index is 1320. The molecule has 11 heteroatoms. The zero-order valence-electron chi connectivity index (χ0n) is 19.4. The first-order valence-electron chi connectivity index (χ1n) is 11.4. The third kappa shape index (κ3) is 5.95. The van der Waals surface area contributed by atoms with E-state index in [0.717, 1.165) is 6.08 Å². The van der Waals surface area contributed by atoms with Crippen LogP contribution in [0.4, 0.5) is 5.69 Å². The van der Waals surface area contributed by atoms with Crippen molar-refractivity contribution < 1.29 is 29.0 Å². The van der Waals surface area contributed by atoms with Gasteiger partial charge in [0.2, 0.25) is 5.91 Å². The van der Waals surface area contributed by atoms with E-state index in [1.54, 1.807) is 36.4 Å². The van der Waals surface area contributed by atoms with Gasteiger partial charge in [0, 0.05) is 22.0 Å². The summed E-state index contributed by atoms with van der Waals surface area (Å²) in [5.41, 5.74) is 6.38. The number of anilines is 1. The number of ether oxygens (including phenoxy) is 1. The molecule has 1 aliphatic heterocycles. The number of primary amides is 1. The molecule has 2 amide bonds. The molecule has 192 valence electrons. The molecular weight excluding hydrogens is 521 g/mol. The molecule has 2 aliphatic rings. The van der Waals surface area contributed by atoms with Crippen LogP contribution in [0.5, 0.6) is 5.75 Å². The molecule has 0 radical (unpaired) electrons. The molecule has 2 aromatic rings. The number of nitrogens with two attached hydrogens (primary N) is 1. The molecule has 0 aromatic heterocycles. The lowest BCUT2D eigenvalue weighted by Crippen LogP contribution is -2.35. The third-order valence-electron chi connectivity index (χ3n) is 5.85. The quantitative estimate of drug-likeness (QED) is 0.369. The summed E-state index contributed by atoms with van der Waals surface area (Å²) in [5, 5.41) is 12.4. The van der Waals surface area contributed by atoms with Crippen LogP contribution in [0.2, 0.25) is 10.0 Å². The molecule has 0 bridgehead atoms. The second-order valence-corrected chi connectivity index (χ2v) is 9.41. The second-order valence-electron chi connectivity index (χ2n) is 8.54. The Kier molecular flexibility index (Phi) is 7.85. The topological polar surface area (TPSA) is 139 Å². The van der Waals surface area contributed by atoms with Gasteiger partial charge >= 0.3 is 5.97 Å². The molecule has 1 heterocycles. The van der Waals surface area contributed by atoms with Gasteiger partial charge in [-0.2, -0.15) is 0 Å². The van der Waals surface area contributed by atoms with Crippen molar-refractivity contribution in [3.8, 4) is 5.75 Å². The molecule has 1 atom stereocenters. The number of rotatable bonds is 11. The van der Waals surface area contributed by atoms with Crippen LogP contribution in [-0.2, 0) is 19.2 Å². The number of nitrogens with zero attached hydrogens (tertiary/aromatic N) is 1. The van der Waals surface area contributed by atoms with Crippen molar-refractivity contribution in [2.45, 2.75) is 18.9 Å². The van der Waals surface area contributed by atoms with Crippen LogP contribution in [0.3, 0.4) is 0 Å². The van der Waals surface area contributed by atoms with Crippen LogP contribution in [-0.4, -0.2) is 41.8 Å².